The van der Waals surface area contributed by atoms with E-state index < -0.39 is 0 Å². The molecular formula is C23H24Cl2N4O4. The van der Waals surface area contributed by atoms with E-state index in [0.717, 1.165) is 38.0 Å². The number of likely N-dealkylation sites (tertiary alicyclic amines) is 1. The van der Waals surface area contributed by atoms with Crippen molar-refractivity contribution >= 4 is 51.8 Å². The van der Waals surface area contributed by atoms with Crippen LogP contribution in [0.25, 0.3) is 11.1 Å². The summed E-state index contributed by atoms with van der Waals surface area (Å²) in [4.78, 5) is 30.0. The van der Waals surface area contributed by atoms with Crippen LogP contribution in [0, 0.1) is 0 Å². The summed E-state index contributed by atoms with van der Waals surface area (Å²) < 4.78 is 11.0. The highest BCUT2D eigenvalue weighted by Crippen LogP contribution is 2.25. The van der Waals surface area contributed by atoms with E-state index >= 15 is 0 Å². The van der Waals surface area contributed by atoms with Gasteiger partial charge in [-0.25, -0.2) is 0 Å². The van der Waals surface area contributed by atoms with Crippen molar-refractivity contribution < 1.29 is 18.7 Å². The molecule has 1 aromatic heterocycles. The van der Waals surface area contributed by atoms with Crippen LogP contribution in [-0.4, -0.2) is 47.4 Å². The van der Waals surface area contributed by atoms with Gasteiger partial charge < -0.3 is 19.8 Å². The topological polar surface area (TPSA) is 96.7 Å². The minimum Gasteiger partial charge on any atom is -0.440 e. The molecule has 10 heteroatoms. The molecule has 1 fully saturated rings. The van der Waals surface area contributed by atoms with E-state index in [2.05, 4.69) is 20.5 Å². The monoisotopic (exact) mass is 490 g/mol. The molecule has 174 valence electrons. The molecule has 2 amide bonds. The number of fused-ring (bicyclic) bond motifs is 1. The van der Waals surface area contributed by atoms with Gasteiger partial charge in [0.05, 0.1) is 10.0 Å². The average Bonchev–Trinajstić information content (AvgIpc) is 3.18. The second-order valence-corrected chi connectivity index (χ2v) is 8.81. The number of nitrogens with zero attached hydrogens (tertiary/aromatic N) is 2. The highest BCUT2D eigenvalue weighted by Gasteiger charge is 2.21. The predicted octanol–water partition coefficient (Wildman–Crippen LogP) is 4.25. The molecule has 0 aliphatic carbocycles. The molecule has 2 N–H and O–H groups in total. The molecule has 0 unspecified atom stereocenters. The van der Waals surface area contributed by atoms with Crippen LogP contribution >= 0.6 is 23.2 Å². The van der Waals surface area contributed by atoms with Gasteiger partial charge >= 0.3 is 6.08 Å². The number of hydrogen-bond acceptors (Lipinski definition) is 6. The number of benzene rings is 2. The van der Waals surface area contributed by atoms with Gasteiger partial charge in [-0.15, -0.1) is 0 Å². The minimum absolute atomic E-state index is 0.0107. The summed E-state index contributed by atoms with van der Waals surface area (Å²) in [6.07, 6.45) is 1.71. The molecule has 0 atom stereocenters. The number of oxazole rings is 1. The van der Waals surface area contributed by atoms with E-state index in [1.54, 1.807) is 18.2 Å². The largest absolute Gasteiger partial charge is 0.440 e. The molecule has 4 rings (SSSR count). The average molecular weight is 491 g/mol. The zero-order valence-corrected chi connectivity index (χ0v) is 19.6. The molecule has 2 heterocycles. The van der Waals surface area contributed by atoms with Crippen LogP contribution in [0.2, 0.25) is 10.0 Å². The molecule has 0 spiro atoms. The van der Waals surface area contributed by atoms with Gasteiger partial charge in [-0.2, -0.15) is 4.98 Å². The van der Waals surface area contributed by atoms with Crippen LogP contribution in [0.5, 0.6) is 6.08 Å². The molecule has 3 aromatic rings. The Morgan fingerprint density at radius 1 is 1.15 bits per heavy atom. The summed E-state index contributed by atoms with van der Waals surface area (Å²) >= 11 is 12.1. The number of carbonyl (C=O) groups excluding carboxylic acids is 2. The summed E-state index contributed by atoms with van der Waals surface area (Å²) in [5.74, 6) is -0.402. The Morgan fingerprint density at radius 2 is 1.94 bits per heavy atom. The van der Waals surface area contributed by atoms with Crippen molar-refractivity contribution in [3.8, 4) is 6.08 Å². The van der Waals surface area contributed by atoms with Crippen molar-refractivity contribution in [2.75, 3.05) is 25.0 Å². The van der Waals surface area contributed by atoms with Gasteiger partial charge in [0.25, 0.3) is 5.91 Å². The van der Waals surface area contributed by atoms with Crippen molar-refractivity contribution in [1.82, 2.24) is 15.2 Å². The van der Waals surface area contributed by atoms with Crippen molar-refractivity contribution in [2.45, 2.75) is 32.4 Å². The zero-order chi connectivity index (χ0) is 23.4. The number of aromatic nitrogens is 1. The number of anilines is 1. The third kappa shape index (κ3) is 6.37. The second-order valence-electron chi connectivity index (χ2n) is 8.00. The summed E-state index contributed by atoms with van der Waals surface area (Å²) in [6, 6.07) is 10.9. The first-order chi connectivity index (χ1) is 15.9. The number of carbonyl (C=O) groups is 2. The summed E-state index contributed by atoms with van der Waals surface area (Å²) in [7, 11) is 0. The lowest BCUT2D eigenvalue weighted by molar-refractivity contribution is -0.124. The van der Waals surface area contributed by atoms with Crippen LogP contribution in [-0.2, 0) is 16.1 Å². The van der Waals surface area contributed by atoms with E-state index in [1.807, 2.05) is 18.2 Å². The number of amides is 2. The van der Waals surface area contributed by atoms with Crippen LogP contribution in [0.1, 0.15) is 25.3 Å². The molecule has 2 aromatic carbocycles. The summed E-state index contributed by atoms with van der Waals surface area (Å²) in [5.41, 5.74) is 2.75. The van der Waals surface area contributed by atoms with Crippen molar-refractivity contribution in [1.29, 1.82) is 0 Å². The van der Waals surface area contributed by atoms with Gasteiger partial charge in [0.2, 0.25) is 5.91 Å². The van der Waals surface area contributed by atoms with Crippen molar-refractivity contribution in [3.05, 3.63) is 52.0 Å². The van der Waals surface area contributed by atoms with Gasteiger partial charge in [0.1, 0.15) is 5.52 Å². The number of ether oxygens (including phenoxy) is 1. The maximum Gasteiger partial charge on any atom is 0.395 e. The SMILES string of the molecule is CC(=O)Nc1ccc2nc(OCC(=O)NC3CCN(Cc4ccc(Cl)c(Cl)c4)CC3)oc2c1. The Labute approximate surface area is 201 Å². The molecule has 0 bridgehead atoms. The number of piperidine rings is 1. The Balaban J connectivity index is 1.22. The van der Waals surface area contributed by atoms with Gasteiger partial charge in [-0.1, -0.05) is 29.3 Å². The van der Waals surface area contributed by atoms with Gasteiger partial charge in [-0.3, -0.25) is 14.5 Å². The first-order valence-electron chi connectivity index (χ1n) is 10.6. The molecule has 1 aliphatic heterocycles. The molecule has 33 heavy (non-hydrogen) atoms. The van der Waals surface area contributed by atoms with E-state index in [4.69, 9.17) is 32.4 Å². The van der Waals surface area contributed by atoms with Gasteiger partial charge in [-0.05, 0) is 42.7 Å². The zero-order valence-electron chi connectivity index (χ0n) is 18.1. The van der Waals surface area contributed by atoms with Crippen LogP contribution in [0.3, 0.4) is 0 Å². The quantitative estimate of drug-likeness (QED) is 0.513. The fourth-order valence-corrected chi connectivity index (χ4v) is 4.10. The van der Waals surface area contributed by atoms with Crippen molar-refractivity contribution in [3.63, 3.8) is 0 Å². The number of halogens is 2. The Kier molecular flexibility index (Phi) is 7.37. The van der Waals surface area contributed by atoms with Gasteiger partial charge in [0, 0.05) is 44.4 Å². The normalized spacial score (nSPS) is 14.9. The lowest BCUT2D eigenvalue weighted by Gasteiger charge is -2.32. The van der Waals surface area contributed by atoms with Crippen LogP contribution in [0.4, 0.5) is 5.69 Å². The summed E-state index contributed by atoms with van der Waals surface area (Å²) in [5, 5.41) is 6.80. The lowest BCUT2D eigenvalue weighted by atomic mass is 10.0. The van der Waals surface area contributed by atoms with Gasteiger partial charge in [0.15, 0.2) is 12.2 Å². The fourth-order valence-electron chi connectivity index (χ4n) is 3.77. The first-order valence-corrected chi connectivity index (χ1v) is 11.4. The van der Waals surface area contributed by atoms with E-state index in [0.29, 0.717) is 26.8 Å². The van der Waals surface area contributed by atoms with E-state index in [1.165, 1.54) is 6.92 Å². The third-order valence-corrected chi connectivity index (χ3v) is 6.10. The Hall–Kier alpha value is -2.81. The van der Waals surface area contributed by atoms with E-state index in [-0.39, 0.29) is 30.5 Å². The van der Waals surface area contributed by atoms with Crippen molar-refractivity contribution in [2.24, 2.45) is 0 Å². The number of hydrogen-bond donors (Lipinski definition) is 2. The second kappa shape index (κ2) is 10.4. The van der Waals surface area contributed by atoms with Crippen LogP contribution < -0.4 is 15.4 Å². The number of nitrogens with one attached hydrogen (secondary N) is 2. The number of rotatable bonds is 7. The smallest absolute Gasteiger partial charge is 0.395 e. The molecule has 8 nitrogen and oxygen atoms in total. The Morgan fingerprint density at radius 3 is 2.67 bits per heavy atom. The molecule has 1 aliphatic rings. The van der Waals surface area contributed by atoms with Crippen LogP contribution in [0.15, 0.2) is 40.8 Å². The molecule has 0 radical (unpaired) electrons. The van der Waals surface area contributed by atoms with E-state index in [9.17, 15) is 9.59 Å². The molecular weight excluding hydrogens is 467 g/mol. The summed E-state index contributed by atoms with van der Waals surface area (Å²) in [6.45, 7) is 3.77. The standard InChI is InChI=1S/C23H24Cl2N4O4/c1-14(30)26-17-3-5-20-21(11-17)33-23(28-20)32-13-22(31)27-16-6-8-29(9-7-16)12-15-2-4-18(24)19(25)10-15/h2-5,10-11,16H,6-9,12-13H2,1H3,(H,26,30)(H,27,31). The Bertz CT molecular complexity index is 1160. The maximum absolute atomic E-state index is 12.3. The fraction of sp³-hybridized carbons (Fsp3) is 0.348. The predicted molar refractivity (Wildman–Crippen MR) is 127 cm³/mol. The highest BCUT2D eigenvalue weighted by atomic mass is 35.5. The molecule has 0 saturated carbocycles. The minimum atomic E-state index is -0.223. The lowest BCUT2D eigenvalue weighted by Crippen LogP contribution is -2.45. The molecule has 1 saturated heterocycles. The third-order valence-electron chi connectivity index (χ3n) is 5.36. The first kappa shape index (κ1) is 23.4. The highest BCUT2D eigenvalue weighted by molar-refractivity contribution is 6.42. The maximum atomic E-state index is 12.3.